The minimum absolute atomic E-state index is 0.209. The minimum atomic E-state index is 0.209. The predicted octanol–water partition coefficient (Wildman–Crippen LogP) is 12.5. The van der Waals surface area contributed by atoms with Crippen molar-refractivity contribution in [1.82, 2.24) is 5.32 Å². The summed E-state index contributed by atoms with van der Waals surface area (Å²) in [5, 5.41) is 5.34. The molecule has 1 saturated carbocycles. The van der Waals surface area contributed by atoms with Crippen molar-refractivity contribution in [3.63, 3.8) is 0 Å². The quantitative estimate of drug-likeness (QED) is 0.183. The Morgan fingerprint density at radius 1 is 0.627 bits per heavy atom. The molecule has 51 heavy (non-hydrogen) atoms. The van der Waals surface area contributed by atoms with Crippen LogP contribution in [0, 0.1) is 5.92 Å². The zero-order valence-electron chi connectivity index (χ0n) is 27.4. The van der Waals surface area contributed by atoms with Gasteiger partial charge in [-0.15, -0.1) is 23.1 Å². The highest BCUT2D eigenvalue weighted by Gasteiger charge is 2.72. The van der Waals surface area contributed by atoms with Crippen LogP contribution in [0.4, 0.5) is 0 Å². The molecular formula is C46H29NO2S2. The second-order valence-corrected chi connectivity index (χ2v) is 16.3. The largest absolute Gasteiger partial charge is 0.456 e. The Morgan fingerprint density at radius 2 is 1.27 bits per heavy atom. The van der Waals surface area contributed by atoms with Crippen LogP contribution in [0.5, 0.6) is 23.0 Å². The first-order valence-electron chi connectivity index (χ1n) is 17.5. The van der Waals surface area contributed by atoms with Crippen molar-refractivity contribution in [1.29, 1.82) is 0 Å². The van der Waals surface area contributed by atoms with Crippen LogP contribution in [0.25, 0.3) is 60.7 Å². The molecule has 3 aliphatic heterocycles. The fraction of sp³-hybridized carbons (Fsp3) is 0.0870. The molecule has 3 atom stereocenters. The highest BCUT2D eigenvalue weighted by atomic mass is 32.2. The fourth-order valence-electron chi connectivity index (χ4n) is 8.88. The van der Waals surface area contributed by atoms with Gasteiger partial charge in [0.2, 0.25) is 0 Å². The molecule has 5 aliphatic rings. The first kappa shape index (κ1) is 28.2. The van der Waals surface area contributed by atoms with E-state index in [9.17, 15) is 0 Å². The number of thioether (sulfide) groups is 1. The molecule has 2 unspecified atom stereocenters. The summed E-state index contributed by atoms with van der Waals surface area (Å²) < 4.78 is 15.4. The van der Waals surface area contributed by atoms with Gasteiger partial charge in [-0.3, -0.25) is 0 Å². The van der Waals surface area contributed by atoms with Gasteiger partial charge in [0.1, 0.15) is 23.0 Å². The maximum atomic E-state index is 7.05. The van der Waals surface area contributed by atoms with Crippen molar-refractivity contribution < 1.29 is 9.47 Å². The van der Waals surface area contributed by atoms with Gasteiger partial charge in [-0.25, -0.2) is 0 Å². The summed E-state index contributed by atoms with van der Waals surface area (Å²) in [7, 11) is 0. The molecule has 0 radical (unpaired) electrons. The van der Waals surface area contributed by atoms with Crippen LogP contribution >= 0.6 is 23.1 Å². The van der Waals surface area contributed by atoms with E-state index in [-0.39, 0.29) is 5.41 Å². The molecule has 0 amide bonds. The van der Waals surface area contributed by atoms with Crippen LogP contribution in [0.3, 0.4) is 0 Å². The molecular weight excluding hydrogens is 663 g/mol. The summed E-state index contributed by atoms with van der Waals surface area (Å²) >= 11 is 3.92. The number of rotatable bonds is 2. The van der Waals surface area contributed by atoms with Crippen LogP contribution in [0.1, 0.15) is 16.0 Å². The molecule has 1 N–H and O–H groups in total. The number of hydrogen-bond donors (Lipinski definition) is 1. The molecule has 0 saturated heterocycles. The van der Waals surface area contributed by atoms with E-state index in [4.69, 9.17) is 9.47 Å². The lowest BCUT2D eigenvalue weighted by molar-refractivity contribution is 0.472. The molecule has 5 heteroatoms. The van der Waals surface area contributed by atoms with Gasteiger partial charge < -0.3 is 14.8 Å². The zero-order chi connectivity index (χ0) is 33.3. The highest BCUT2D eigenvalue weighted by Crippen LogP contribution is 2.76. The van der Waals surface area contributed by atoms with Gasteiger partial charge in [0.25, 0.3) is 0 Å². The molecule has 7 aromatic rings. The van der Waals surface area contributed by atoms with Gasteiger partial charge in [0, 0.05) is 70.8 Å². The predicted molar refractivity (Wildman–Crippen MR) is 210 cm³/mol. The summed E-state index contributed by atoms with van der Waals surface area (Å²) in [4.78, 5) is 2.79. The number of allylic oxidation sites excluding steroid dienone is 2. The Kier molecular flexibility index (Phi) is 5.69. The van der Waals surface area contributed by atoms with Gasteiger partial charge in [-0.2, -0.15) is 0 Å². The lowest BCUT2D eigenvalue weighted by Crippen LogP contribution is -2.13. The molecule has 0 bridgehead atoms. The van der Waals surface area contributed by atoms with Crippen LogP contribution in [-0.4, -0.2) is 5.25 Å². The zero-order valence-corrected chi connectivity index (χ0v) is 29.0. The van der Waals surface area contributed by atoms with Gasteiger partial charge in [-0.1, -0.05) is 84.9 Å². The number of thiophene rings is 1. The van der Waals surface area contributed by atoms with Crippen molar-refractivity contribution in [2.75, 3.05) is 0 Å². The SMILES string of the molecule is C1=Cc2c(sc3cccc(-c4ccc5c(c4)Oc4ccccc4-c4ccccc4Oc4cc(-c6cccc7c6C68C=C[C@@H]6C8S7)ccc4-5)c23)CN1. The second-order valence-electron chi connectivity index (χ2n) is 14.0. The minimum Gasteiger partial charge on any atom is -0.456 e. The number of para-hydroxylation sites is 2. The number of ether oxygens (including phenoxy) is 2. The van der Waals surface area contributed by atoms with E-state index >= 15 is 0 Å². The normalized spacial score (nSPS) is 20.8. The van der Waals surface area contributed by atoms with E-state index in [0.29, 0.717) is 11.2 Å². The summed E-state index contributed by atoms with van der Waals surface area (Å²) in [6, 6.07) is 43.5. The third kappa shape index (κ3) is 3.91. The van der Waals surface area contributed by atoms with Crippen LogP contribution in [0.2, 0.25) is 0 Å². The Labute approximate surface area is 303 Å². The average molecular weight is 692 g/mol. The Morgan fingerprint density at radius 3 is 2.00 bits per heavy atom. The standard InChI is InChI=1S/C46H29NO2S2/c1-3-11-36-30(7-1)31-8-2-4-12-37(31)49-39-24-27(29-10-6-14-41-44(29)46-21-19-35(46)45(46)51-41)16-18-33(39)32-17-15-26(23-38(32)48-36)28-9-5-13-40-43(28)34-20-22-47-25-42(34)50-40/h1-24,35,45,47H,25H2/t35-,45?,46?/m1/s1. The molecule has 12 rings (SSSR count). The topological polar surface area (TPSA) is 30.5 Å². The van der Waals surface area contributed by atoms with E-state index in [2.05, 4.69) is 139 Å². The molecule has 2 aliphatic carbocycles. The maximum Gasteiger partial charge on any atom is 0.136 e. The first-order valence-corrected chi connectivity index (χ1v) is 19.2. The van der Waals surface area contributed by atoms with Gasteiger partial charge in [0.15, 0.2) is 0 Å². The third-order valence-corrected chi connectivity index (χ3v) is 14.1. The van der Waals surface area contributed by atoms with Crippen molar-refractivity contribution in [2.24, 2.45) is 5.92 Å². The number of benzene rings is 6. The molecule has 242 valence electrons. The molecule has 1 aromatic heterocycles. The summed E-state index contributed by atoms with van der Waals surface area (Å²) in [6.07, 6.45) is 9.12. The van der Waals surface area contributed by atoms with Gasteiger partial charge in [-0.05, 0) is 88.6 Å². The molecule has 1 spiro atoms. The van der Waals surface area contributed by atoms with Gasteiger partial charge >= 0.3 is 0 Å². The van der Waals surface area contributed by atoms with Crippen LogP contribution in [0.15, 0.2) is 145 Å². The smallest absolute Gasteiger partial charge is 0.136 e. The lowest BCUT2D eigenvalue weighted by atomic mass is 9.81. The maximum absolute atomic E-state index is 7.05. The van der Waals surface area contributed by atoms with Crippen molar-refractivity contribution in [2.45, 2.75) is 22.1 Å². The number of nitrogens with one attached hydrogen (secondary N) is 1. The van der Waals surface area contributed by atoms with E-state index in [1.807, 2.05) is 35.2 Å². The van der Waals surface area contributed by atoms with Crippen molar-refractivity contribution >= 4 is 39.3 Å². The number of fused-ring (bicyclic) bond motifs is 11. The Balaban J connectivity index is 1.08. The fourth-order valence-corrected chi connectivity index (χ4v) is 11.8. The van der Waals surface area contributed by atoms with E-state index in [1.54, 1.807) is 0 Å². The summed E-state index contributed by atoms with van der Waals surface area (Å²) in [5.41, 5.74) is 11.8. The molecule has 4 heterocycles. The molecule has 6 aromatic carbocycles. The number of hydrogen-bond acceptors (Lipinski definition) is 5. The molecule has 3 nitrogen and oxygen atoms in total. The second kappa shape index (κ2) is 10.3. The van der Waals surface area contributed by atoms with Gasteiger partial charge in [0.05, 0.1) is 0 Å². The van der Waals surface area contributed by atoms with E-state index in [1.165, 1.54) is 47.7 Å². The van der Waals surface area contributed by atoms with E-state index in [0.717, 1.165) is 57.4 Å². The third-order valence-electron chi connectivity index (χ3n) is 11.4. The lowest BCUT2D eigenvalue weighted by Gasteiger charge is -2.24. The first-order chi connectivity index (χ1) is 25.2. The Hall–Kier alpha value is -5.49. The highest BCUT2D eigenvalue weighted by molar-refractivity contribution is 8.00. The van der Waals surface area contributed by atoms with Crippen LogP contribution < -0.4 is 14.8 Å². The Bertz CT molecular complexity index is 2720. The average Bonchev–Trinajstić information content (AvgIpc) is 3.46. The van der Waals surface area contributed by atoms with E-state index < -0.39 is 0 Å². The van der Waals surface area contributed by atoms with Crippen LogP contribution in [-0.2, 0) is 12.0 Å². The van der Waals surface area contributed by atoms with Crippen molar-refractivity contribution in [3.8, 4) is 67.5 Å². The van der Waals surface area contributed by atoms with Crippen molar-refractivity contribution in [3.05, 3.63) is 156 Å². The summed E-state index contributed by atoms with van der Waals surface area (Å²) in [6.45, 7) is 0.860. The monoisotopic (exact) mass is 691 g/mol. The molecule has 1 fully saturated rings. The summed E-state index contributed by atoms with van der Waals surface area (Å²) in [5.74, 6) is 3.89.